The van der Waals surface area contributed by atoms with E-state index in [4.69, 9.17) is 0 Å². The number of amides is 1. The van der Waals surface area contributed by atoms with Crippen LogP contribution in [0.4, 0.5) is 5.69 Å². The number of aryl methyl sites for hydroxylation is 3. The van der Waals surface area contributed by atoms with Crippen molar-refractivity contribution < 1.29 is 4.79 Å². The van der Waals surface area contributed by atoms with Gasteiger partial charge < -0.3 is 9.30 Å². The van der Waals surface area contributed by atoms with Gasteiger partial charge in [0, 0.05) is 30.5 Å². The van der Waals surface area contributed by atoms with Crippen LogP contribution in [-0.4, -0.2) is 21.8 Å². The molecule has 0 radical (unpaired) electrons. The summed E-state index contributed by atoms with van der Waals surface area (Å²) in [6, 6.07) is 14.2. The molecule has 4 heteroatoms. The smallest absolute Gasteiger partial charge is 0.227 e. The molecule has 0 atom stereocenters. The Hall–Kier alpha value is -2.62. The van der Waals surface area contributed by atoms with Crippen LogP contribution in [0.1, 0.15) is 29.8 Å². The van der Waals surface area contributed by atoms with Gasteiger partial charge in [-0.2, -0.15) is 0 Å². The quantitative estimate of drug-likeness (QED) is 0.740. The predicted octanol–water partition coefficient (Wildman–Crippen LogP) is 3.55. The van der Waals surface area contributed by atoms with Gasteiger partial charge in [0.15, 0.2) is 0 Å². The van der Waals surface area contributed by atoms with Crippen molar-refractivity contribution in [1.29, 1.82) is 0 Å². The fourth-order valence-electron chi connectivity index (χ4n) is 3.62. The van der Waals surface area contributed by atoms with Gasteiger partial charge in [0.05, 0.1) is 5.69 Å². The molecule has 4 nitrogen and oxygen atoms in total. The van der Waals surface area contributed by atoms with Crippen LogP contribution in [0, 0.1) is 6.92 Å². The average molecular weight is 319 g/mol. The first-order valence-corrected chi connectivity index (χ1v) is 8.55. The Kier molecular flexibility index (Phi) is 3.81. The number of imidazole rings is 1. The Labute approximate surface area is 141 Å². The minimum Gasteiger partial charge on any atom is -0.312 e. The molecule has 1 aliphatic heterocycles. The molecular weight excluding hydrogens is 298 g/mol. The lowest BCUT2D eigenvalue weighted by atomic mass is 10.0. The van der Waals surface area contributed by atoms with Gasteiger partial charge in [0.1, 0.15) is 5.65 Å². The van der Waals surface area contributed by atoms with Gasteiger partial charge in [-0.3, -0.25) is 4.79 Å². The number of nitrogens with zero attached hydrogens (tertiary/aromatic N) is 3. The largest absolute Gasteiger partial charge is 0.312 e. The number of hydrogen-bond donors (Lipinski definition) is 0. The SMILES string of the molecule is Cc1nc2ccccn2c1CCC(=O)N1CCCc2ccccc21. The molecule has 4 rings (SSSR count). The van der Waals surface area contributed by atoms with Crippen molar-refractivity contribution in [2.45, 2.75) is 32.6 Å². The molecular formula is C20H21N3O. The van der Waals surface area contributed by atoms with Crippen LogP contribution < -0.4 is 4.90 Å². The van der Waals surface area contributed by atoms with E-state index in [1.807, 2.05) is 42.3 Å². The van der Waals surface area contributed by atoms with E-state index in [0.29, 0.717) is 12.8 Å². The van der Waals surface area contributed by atoms with E-state index in [1.165, 1.54) is 5.56 Å². The Morgan fingerprint density at radius 2 is 2.00 bits per heavy atom. The first kappa shape index (κ1) is 14.9. The van der Waals surface area contributed by atoms with Crippen molar-refractivity contribution in [2.75, 3.05) is 11.4 Å². The molecule has 3 heterocycles. The number of carbonyl (C=O) groups is 1. The highest BCUT2D eigenvalue weighted by Gasteiger charge is 2.22. The van der Waals surface area contributed by atoms with Crippen molar-refractivity contribution in [3.63, 3.8) is 0 Å². The molecule has 3 aromatic rings. The van der Waals surface area contributed by atoms with Gasteiger partial charge in [0.2, 0.25) is 5.91 Å². The third kappa shape index (κ3) is 2.58. The van der Waals surface area contributed by atoms with Crippen LogP contribution in [-0.2, 0) is 17.6 Å². The molecule has 2 aromatic heterocycles. The van der Waals surface area contributed by atoms with E-state index in [0.717, 1.165) is 42.1 Å². The monoisotopic (exact) mass is 319 g/mol. The van der Waals surface area contributed by atoms with Crippen LogP contribution in [0.3, 0.4) is 0 Å². The zero-order chi connectivity index (χ0) is 16.5. The van der Waals surface area contributed by atoms with E-state index in [2.05, 4.69) is 27.6 Å². The molecule has 0 saturated heterocycles. The first-order chi connectivity index (χ1) is 11.7. The van der Waals surface area contributed by atoms with Crippen LogP contribution in [0.15, 0.2) is 48.7 Å². The van der Waals surface area contributed by atoms with Gasteiger partial charge in [-0.05, 0) is 49.9 Å². The maximum Gasteiger partial charge on any atom is 0.227 e. The molecule has 1 aromatic carbocycles. The zero-order valence-corrected chi connectivity index (χ0v) is 13.9. The number of aromatic nitrogens is 2. The van der Waals surface area contributed by atoms with Crippen LogP contribution >= 0.6 is 0 Å². The van der Waals surface area contributed by atoms with Crippen molar-refractivity contribution in [3.8, 4) is 0 Å². The highest BCUT2D eigenvalue weighted by Crippen LogP contribution is 2.27. The molecule has 122 valence electrons. The topological polar surface area (TPSA) is 37.6 Å². The fourth-order valence-corrected chi connectivity index (χ4v) is 3.62. The molecule has 0 unspecified atom stereocenters. The molecule has 1 aliphatic rings. The molecule has 0 saturated carbocycles. The molecule has 1 amide bonds. The summed E-state index contributed by atoms with van der Waals surface area (Å²) in [6.07, 6.45) is 5.35. The van der Waals surface area contributed by atoms with Crippen molar-refractivity contribution in [2.24, 2.45) is 0 Å². The average Bonchev–Trinajstić information content (AvgIpc) is 2.94. The second-order valence-electron chi connectivity index (χ2n) is 6.35. The van der Waals surface area contributed by atoms with Crippen LogP contribution in [0.25, 0.3) is 5.65 Å². The maximum absolute atomic E-state index is 12.8. The normalized spacial score (nSPS) is 14.0. The lowest BCUT2D eigenvalue weighted by molar-refractivity contribution is -0.118. The number of carbonyl (C=O) groups excluding carboxylic acids is 1. The van der Waals surface area contributed by atoms with E-state index < -0.39 is 0 Å². The molecule has 0 fully saturated rings. The summed E-state index contributed by atoms with van der Waals surface area (Å²) in [6.45, 7) is 2.84. The number of fused-ring (bicyclic) bond motifs is 2. The number of hydrogen-bond acceptors (Lipinski definition) is 2. The summed E-state index contributed by atoms with van der Waals surface area (Å²) in [7, 11) is 0. The summed E-state index contributed by atoms with van der Waals surface area (Å²) < 4.78 is 2.09. The van der Waals surface area contributed by atoms with Crippen molar-refractivity contribution in [3.05, 3.63) is 65.6 Å². The van der Waals surface area contributed by atoms with E-state index in [9.17, 15) is 4.79 Å². The number of anilines is 1. The summed E-state index contributed by atoms with van der Waals surface area (Å²) in [4.78, 5) is 19.3. The second-order valence-corrected chi connectivity index (χ2v) is 6.35. The molecule has 24 heavy (non-hydrogen) atoms. The maximum atomic E-state index is 12.8. The van der Waals surface area contributed by atoms with E-state index >= 15 is 0 Å². The van der Waals surface area contributed by atoms with Gasteiger partial charge in [-0.1, -0.05) is 24.3 Å². The van der Waals surface area contributed by atoms with Crippen molar-refractivity contribution in [1.82, 2.24) is 9.38 Å². The lowest BCUT2D eigenvalue weighted by Crippen LogP contribution is -2.35. The Balaban J connectivity index is 1.54. The first-order valence-electron chi connectivity index (χ1n) is 8.55. The van der Waals surface area contributed by atoms with Crippen LogP contribution in [0.5, 0.6) is 0 Å². The second kappa shape index (κ2) is 6.11. The number of pyridine rings is 1. The zero-order valence-electron chi connectivity index (χ0n) is 13.9. The lowest BCUT2D eigenvalue weighted by Gasteiger charge is -2.29. The molecule has 0 spiro atoms. The summed E-state index contributed by atoms with van der Waals surface area (Å²) in [5.41, 5.74) is 5.45. The highest BCUT2D eigenvalue weighted by atomic mass is 16.2. The summed E-state index contributed by atoms with van der Waals surface area (Å²) in [5.74, 6) is 0.201. The number of benzene rings is 1. The Bertz CT molecular complexity index is 897. The molecule has 0 N–H and O–H groups in total. The fraction of sp³-hybridized carbons (Fsp3) is 0.300. The molecule has 0 aliphatic carbocycles. The Morgan fingerprint density at radius 3 is 2.92 bits per heavy atom. The van der Waals surface area contributed by atoms with Gasteiger partial charge >= 0.3 is 0 Å². The summed E-state index contributed by atoms with van der Waals surface area (Å²) >= 11 is 0. The van der Waals surface area contributed by atoms with E-state index in [-0.39, 0.29) is 5.91 Å². The third-order valence-electron chi connectivity index (χ3n) is 4.82. The predicted molar refractivity (Wildman–Crippen MR) is 95.4 cm³/mol. The van der Waals surface area contributed by atoms with Gasteiger partial charge in [-0.25, -0.2) is 4.98 Å². The molecule has 0 bridgehead atoms. The third-order valence-corrected chi connectivity index (χ3v) is 4.82. The summed E-state index contributed by atoms with van der Waals surface area (Å²) in [5, 5.41) is 0. The van der Waals surface area contributed by atoms with Crippen LogP contribution in [0.2, 0.25) is 0 Å². The van der Waals surface area contributed by atoms with Gasteiger partial charge in [-0.15, -0.1) is 0 Å². The number of rotatable bonds is 3. The van der Waals surface area contributed by atoms with Gasteiger partial charge in [0.25, 0.3) is 0 Å². The number of para-hydroxylation sites is 1. The standard InChI is InChI=1S/C20H21N3O/c1-15-17(22-13-5-4-10-19(22)21-15)11-12-20(24)23-14-6-8-16-7-2-3-9-18(16)23/h2-5,7,9-10,13H,6,8,11-12,14H2,1H3. The minimum absolute atomic E-state index is 0.201. The highest BCUT2D eigenvalue weighted by molar-refractivity contribution is 5.94. The van der Waals surface area contributed by atoms with Crippen molar-refractivity contribution >= 4 is 17.2 Å². The Morgan fingerprint density at radius 1 is 1.17 bits per heavy atom. The minimum atomic E-state index is 0.201. The van der Waals surface area contributed by atoms with E-state index in [1.54, 1.807) is 0 Å².